The molecule has 0 saturated carbocycles. The van der Waals surface area contributed by atoms with Crippen LogP contribution < -0.4 is 0 Å². The van der Waals surface area contributed by atoms with Gasteiger partial charge in [0.15, 0.2) is 0 Å². The van der Waals surface area contributed by atoms with Gasteiger partial charge in [0.05, 0.1) is 0 Å². The van der Waals surface area contributed by atoms with Crippen LogP contribution in [0.1, 0.15) is 58.1 Å². The van der Waals surface area contributed by atoms with Crippen LogP contribution in [0.2, 0.25) is 0 Å². The summed E-state index contributed by atoms with van der Waals surface area (Å²) in [4.78, 5) is 1.56. The first-order valence-electron chi connectivity index (χ1n) is 8.51. The van der Waals surface area contributed by atoms with E-state index in [2.05, 4.69) is 50.9 Å². The highest BCUT2D eigenvalue weighted by Gasteiger charge is 2.22. The second-order valence-corrected chi connectivity index (χ2v) is 7.47. The Morgan fingerprint density at radius 2 is 1.67 bits per heavy atom. The largest absolute Gasteiger partial charge is 0.505 e. The van der Waals surface area contributed by atoms with Crippen LogP contribution in [0.15, 0.2) is 36.4 Å². The Kier molecular flexibility index (Phi) is 4.08. The quantitative estimate of drug-likeness (QED) is 0.743. The average molecular weight is 323 g/mol. The Morgan fingerprint density at radius 3 is 2.17 bits per heavy atom. The first-order chi connectivity index (χ1) is 11.3. The molecule has 1 N–H and O–H groups in total. The zero-order valence-corrected chi connectivity index (χ0v) is 15.0. The van der Waals surface area contributed by atoms with Gasteiger partial charge < -0.3 is 5.11 Å². The standard InChI is InChI=1S/C20H25N3O/c1-6-13(2)15-11-14(20(3,4)5)12-18(19(15)24)23-21-16-9-7-8-10-17(16)22-23/h7-13,24H,6H2,1-5H3/t13-/m1/s1. The monoisotopic (exact) mass is 323 g/mol. The normalized spacial score (nSPS) is 13.4. The average Bonchev–Trinajstić information content (AvgIpc) is 2.97. The Hall–Kier alpha value is -2.36. The van der Waals surface area contributed by atoms with Crippen molar-refractivity contribution < 1.29 is 5.11 Å². The minimum atomic E-state index is -0.0166. The number of nitrogens with zero attached hydrogens (tertiary/aromatic N) is 3. The Morgan fingerprint density at radius 1 is 1.08 bits per heavy atom. The first-order valence-corrected chi connectivity index (χ1v) is 8.51. The van der Waals surface area contributed by atoms with Crippen LogP contribution in [0, 0.1) is 0 Å². The molecule has 0 saturated heterocycles. The topological polar surface area (TPSA) is 50.9 Å². The molecule has 0 unspecified atom stereocenters. The van der Waals surface area contributed by atoms with Crippen molar-refractivity contribution in [2.45, 2.75) is 52.4 Å². The molecule has 1 atom stereocenters. The van der Waals surface area contributed by atoms with Crippen molar-refractivity contribution in [1.82, 2.24) is 15.0 Å². The van der Waals surface area contributed by atoms with Crippen LogP contribution in [0.5, 0.6) is 5.75 Å². The summed E-state index contributed by atoms with van der Waals surface area (Å²) in [7, 11) is 0. The Labute approximate surface area is 143 Å². The fourth-order valence-corrected chi connectivity index (χ4v) is 2.79. The van der Waals surface area contributed by atoms with Crippen LogP contribution >= 0.6 is 0 Å². The number of hydrogen-bond acceptors (Lipinski definition) is 3. The van der Waals surface area contributed by atoms with Crippen molar-refractivity contribution in [3.63, 3.8) is 0 Å². The van der Waals surface area contributed by atoms with E-state index in [1.807, 2.05) is 30.3 Å². The van der Waals surface area contributed by atoms with E-state index in [4.69, 9.17) is 0 Å². The maximum Gasteiger partial charge on any atom is 0.146 e. The van der Waals surface area contributed by atoms with E-state index in [9.17, 15) is 5.11 Å². The van der Waals surface area contributed by atoms with Crippen molar-refractivity contribution in [2.75, 3.05) is 0 Å². The van der Waals surface area contributed by atoms with Gasteiger partial charge in [-0.3, -0.25) is 0 Å². The van der Waals surface area contributed by atoms with Gasteiger partial charge >= 0.3 is 0 Å². The van der Waals surface area contributed by atoms with Gasteiger partial charge in [0.25, 0.3) is 0 Å². The van der Waals surface area contributed by atoms with Gasteiger partial charge in [0.2, 0.25) is 0 Å². The van der Waals surface area contributed by atoms with Gasteiger partial charge in [0, 0.05) is 0 Å². The molecule has 0 bridgehead atoms. The summed E-state index contributed by atoms with van der Waals surface area (Å²) < 4.78 is 0. The molecule has 126 valence electrons. The number of phenolic OH excluding ortho intramolecular Hbond substituents is 1. The highest BCUT2D eigenvalue weighted by molar-refractivity contribution is 5.73. The van der Waals surface area contributed by atoms with Gasteiger partial charge in [-0.1, -0.05) is 52.8 Å². The van der Waals surface area contributed by atoms with E-state index in [1.54, 1.807) is 4.80 Å². The molecule has 3 aromatic rings. The number of hydrogen-bond donors (Lipinski definition) is 1. The SMILES string of the molecule is CC[C@@H](C)c1cc(C(C)(C)C)cc(-n2nc3ccccc3n2)c1O. The summed E-state index contributed by atoms with van der Waals surface area (Å²) >= 11 is 0. The lowest BCUT2D eigenvalue weighted by molar-refractivity contribution is 0.453. The van der Waals surface area contributed by atoms with Crippen LogP contribution in [-0.2, 0) is 5.41 Å². The number of phenols is 1. The molecule has 0 spiro atoms. The molecule has 3 rings (SSSR count). The van der Waals surface area contributed by atoms with Crippen LogP contribution in [-0.4, -0.2) is 20.1 Å². The Balaban J connectivity index is 2.25. The molecule has 0 fully saturated rings. The fraction of sp³-hybridized carbons (Fsp3) is 0.400. The van der Waals surface area contributed by atoms with Crippen molar-refractivity contribution in [1.29, 1.82) is 0 Å². The first kappa shape index (κ1) is 16.5. The summed E-state index contributed by atoms with van der Waals surface area (Å²) in [5.41, 5.74) is 4.41. The molecule has 0 aliphatic heterocycles. The molecule has 0 aliphatic rings. The molecular weight excluding hydrogens is 298 g/mol. The number of benzene rings is 2. The lowest BCUT2D eigenvalue weighted by Gasteiger charge is -2.23. The van der Waals surface area contributed by atoms with E-state index >= 15 is 0 Å². The highest BCUT2D eigenvalue weighted by Crippen LogP contribution is 2.37. The maximum atomic E-state index is 10.9. The summed E-state index contributed by atoms with van der Waals surface area (Å²) in [5, 5.41) is 19.9. The zero-order chi connectivity index (χ0) is 17.5. The molecular formula is C20H25N3O. The lowest BCUT2D eigenvalue weighted by Crippen LogP contribution is -2.14. The van der Waals surface area contributed by atoms with E-state index < -0.39 is 0 Å². The van der Waals surface area contributed by atoms with Crippen LogP contribution in [0.25, 0.3) is 16.7 Å². The van der Waals surface area contributed by atoms with E-state index in [0.29, 0.717) is 5.69 Å². The van der Waals surface area contributed by atoms with Gasteiger partial charge in [-0.25, -0.2) is 0 Å². The van der Waals surface area contributed by atoms with Gasteiger partial charge in [0.1, 0.15) is 22.5 Å². The number of rotatable bonds is 3. The summed E-state index contributed by atoms with van der Waals surface area (Å²) in [6.45, 7) is 10.8. The van der Waals surface area contributed by atoms with Crippen LogP contribution in [0.3, 0.4) is 0 Å². The lowest BCUT2D eigenvalue weighted by atomic mass is 9.83. The van der Waals surface area contributed by atoms with Crippen LogP contribution in [0.4, 0.5) is 0 Å². The van der Waals surface area contributed by atoms with E-state index in [-0.39, 0.29) is 17.1 Å². The summed E-state index contributed by atoms with van der Waals surface area (Å²) in [6, 6.07) is 11.9. The zero-order valence-electron chi connectivity index (χ0n) is 15.0. The molecule has 0 radical (unpaired) electrons. The maximum absolute atomic E-state index is 10.9. The molecule has 1 aromatic heterocycles. The minimum absolute atomic E-state index is 0.0166. The van der Waals surface area contributed by atoms with Crippen molar-refractivity contribution in [2.24, 2.45) is 0 Å². The van der Waals surface area contributed by atoms with Gasteiger partial charge in [-0.15, -0.1) is 15.0 Å². The molecule has 4 nitrogen and oxygen atoms in total. The molecule has 0 aliphatic carbocycles. The van der Waals surface area contributed by atoms with E-state index in [1.165, 1.54) is 5.56 Å². The summed E-state index contributed by atoms with van der Waals surface area (Å²) in [5.74, 6) is 0.550. The molecule has 1 heterocycles. The Bertz CT molecular complexity index is 841. The molecule has 0 amide bonds. The van der Waals surface area contributed by atoms with Crippen molar-refractivity contribution >= 4 is 11.0 Å². The third-order valence-corrected chi connectivity index (χ3v) is 4.63. The number of aromatic nitrogens is 3. The van der Waals surface area contributed by atoms with Gasteiger partial charge in [-0.2, -0.15) is 0 Å². The van der Waals surface area contributed by atoms with Gasteiger partial charge in [-0.05, 0) is 47.1 Å². The third-order valence-electron chi connectivity index (χ3n) is 4.63. The molecule has 4 heteroatoms. The summed E-state index contributed by atoms with van der Waals surface area (Å²) in [6.07, 6.45) is 0.967. The predicted octanol–water partition coefficient (Wildman–Crippen LogP) is 4.94. The number of fused-ring (bicyclic) bond motifs is 1. The predicted molar refractivity (Wildman–Crippen MR) is 97.9 cm³/mol. The highest BCUT2D eigenvalue weighted by atomic mass is 16.3. The van der Waals surface area contributed by atoms with Crippen molar-refractivity contribution in [3.8, 4) is 11.4 Å². The molecule has 2 aromatic carbocycles. The number of aromatic hydroxyl groups is 1. The fourth-order valence-electron chi connectivity index (χ4n) is 2.79. The third kappa shape index (κ3) is 2.88. The smallest absolute Gasteiger partial charge is 0.146 e. The second-order valence-electron chi connectivity index (χ2n) is 7.47. The molecule has 24 heavy (non-hydrogen) atoms. The second kappa shape index (κ2) is 5.93. The van der Waals surface area contributed by atoms with E-state index in [0.717, 1.165) is 23.0 Å². The minimum Gasteiger partial charge on any atom is -0.505 e. The van der Waals surface area contributed by atoms with Crippen molar-refractivity contribution in [3.05, 3.63) is 47.5 Å².